The number of hydrogen-bond donors (Lipinski definition) is 1. The maximum atomic E-state index is 12.6. The first-order chi connectivity index (χ1) is 14.0. The normalized spacial score (nSPS) is 17.8. The molecule has 29 heavy (non-hydrogen) atoms. The van der Waals surface area contributed by atoms with Crippen molar-refractivity contribution in [3.63, 3.8) is 0 Å². The number of fused-ring (bicyclic) bond motifs is 1. The van der Waals surface area contributed by atoms with Crippen LogP contribution in [0.4, 0.5) is 0 Å². The van der Waals surface area contributed by atoms with Crippen LogP contribution < -0.4 is 18.9 Å². The average molecular weight is 419 g/mol. The Hall–Kier alpha value is -2.29. The third-order valence-corrected chi connectivity index (χ3v) is 6.58. The molecule has 7 nitrogen and oxygen atoms in total. The molecular weight excluding hydrogens is 392 g/mol. The molecule has 0 amide bonds. The van der Waals surface area contributed by atoms with Gasteiger partial charge in [0.1, 0.15) is 25.1 Å². The fourth-order valence-corrected chi connectivity index (χ4v) is 4.47. The van der Waals surface area contributed by atoms with Crippen LogP contribution in [0.2, 0.25) is 0 Å². The van der Waals surface area contributed by atoms with Gasteiger partial charge in [-0.2, -0.15) is 0 Å². The zero-order chi connectivity index (χ0) is 20.3. The molecule has 8 heteroatoms. The van der Waals surface area contributed by atoms with E-state index < -0.39 is 10.0 Å². The summed E-state index contributed by atoms with van der Waals surface area (Å²) in [7, 11) is -1.53. The second-order valence-electron chi connectivity index (χ2n) is 7.39. The van der Waals surface area contributed by atoms with E-state index in [1.54, 1.807) is 6.07 Å². The maximum Gasteiger partial charge on any atom is 0.241 e. The number of rotatable bonds is 6. The second kappa shape index (κ2) is 8.61. The molecule has 2 heterocycles. The molecule has 0 bridgehead atoms. The zero-order valence-corrected chi connectivity index (χ0v) is 17.3. The molecule has 0 spiro atoms. The Morgan fingerprint density at radius 3 is 2.45 bits per heavy atom. The van der Waals surface area contributed by atoms with Gasteiger partial charge in [0.05, 0.1) is 4.90 Å². The van der Waals surface area contributed by atoms with Gasteiger partial charge in [-0.25, -0.2) is 13.1 Å². The van der Waals surface area contributed by atoms with Crippen molar-refractivity contribution in [2.45, 2.75) is 30.4 Å². The van der Waals surface area contributed by atoms with Crippen molar-refractivity contribution in [2.75, 3.05) is 33.4 Å². The van der Waals surface area contributed by atoms with Gasteiger partial charge >= 0.3 is 0 Å². The Morgan fingerprint density at radius 1 is 1.03 bits per heavy atom. The highest BCUT2D eigenvalue weighted by atomic mass is 32.2. The van der Waals surface area contributed by atoms with Crippen LogP contribution in [-0.2, 0) is 16.6 Å². The summed E-state index contributed by atoms with van der Waals surface area (Å²) >= 11 is 0. The molecule has 2 aliphatic rings. The first-order valence-corrected chi connectivity index (χ1v) is 11.3. The van der Waals surface area contributed by atoms with Gasteiger partial charge in [-0.05, 0) is 49.7 Å². The molecular formula is C21H26N2O5S. The lowest BCUT2D eigenvalue weighted by molar-refractivity contribution is 0.114. The highest BCUT2D eigenvalue weighted by Gasteiger charge is 2.20. The minimum absolute atomic E-state index is 0.156. The summed E-state index contributed by atoms with van der Waals surface area (Å²) in [5.41, 5.74) is 0.863. The summed E-state index contributed by atoms with van der Waals surface area (Å²) in [6.07, 6.45) is 2.28. The number of piperidine rings is 1. The summed E-state index contributed by atoms with van der Waals surface area (Å²) in [6.45, 7) is 3.17. The predicted octanol–water partition coefficient (Wildman–Crippen LogP) is 2.41. The van der Waals surface area contributed by atoms with Gasteiger partial charge in [-0.1, -0.05) is 12.1 Å². The lowest BCUT2D eigenvalue weighted by Crippen LogP contribution is -2.35. The Labute approximate surface area is 171 Å². The third-order valence-electron chi connectivity index (χ3n) is 5.18. The number of ether oxygens (including phenoxy) is 3. The van der Waals surface area contributed by atoms with E-state index in [9.17, 15) is 8.42 Å². The number of likely N-dealkylation sites (tertiary alicyclic amines) is 1. The van der Waals surface area contributed by atoms with Crippen molar-refractivity contribution in [1.82, 2.24) is 9.62 Å². The van der Waals surface area contributed by atoms with Gasteiger partial charge in [0, 0.05) is 25.7 Å². The van der Waals surface area contributed by atoms with Gasteiger partial charge in [0.2, 0.25) is 10.0 Å². The van der Waals surface area contributed by atoms with Crippen molar-refractivity contribution in [3.05, 3.63) is 48.0 Å². The van der Waals surface area contributed by atoms with Gasteiger partial charge in [-0.15, -0.1) is 0 Å². The topological polar surface area (TPSA) is 77.1 Å². The van der Waals surface area contributed by atoms with Crippen LogP contribution in [0.25, 0.3) is 0 Å². The van der Waals surface area contributed by atoms with Crippen molar-refractivity contribution in [2.24, 2.45) is 0 Å². The van der Waals surface area contributed by atoms with E-state index in [1.807, 2.05) is 24.3 Å². The Balaban J connectivity index is 1.34. The van der Waals surface area contributed by atoms with Gasteiger partial charge in [0.15, 0.2) is 11.5 Å². The predicted molar refractivity (Wildman–Crippen MR) is 109 cm³/mol. The average Bonchev–Trinajstić information content (AvgIpc) is 2.74. The minimum Gasteiger partial charge on any atom is -0.490 e. The first kappa shape index (κ1) is 20.0. The van der Waals surface area contributed by atoms with Crippen LogP contribution in [0.15, 0.2) is 47.4 Å². The monoisotopic (exact) mass is 418 g/mol. The fourth-order valence-electron chi connectivity index (χ4n) is 3.43. The quantitative estimate of drug-likeness (QED) is 0.776. The molecule has 0 unspecified atom stereocenters. The zero-order valence-electron chi connectivity index (χ0n) is 16.5. The lowest BCUT2D eigenvalue weighted by atomic mass is 10.1. The molecule has 0 saturated carbocycles. The lowest BCUT2D eigenvalue weighted by Gasteiger charge is -2.29. The first-order valence-electron chi connectivity index (χ1n) is 9.83. The maximum absolute atomic E-state index is 12.6. The Morgan fingerprint density at radius 2 is 1.72 bits per heavy atom. The molecule has 1 saturated heterocycles. The fraction of sp³-hybridized carbons (Fsp3) is 0.429. The van der Waals surface area contributed by atoms with E-state index in [4.69, 9.17) is 14.2 Å². The van der Waals surface area contributed by atoms with E-state index in [0.717, 1.165) is 37.2 Å². The third kappa shape index (κ3) is 5.01. The highest BCUT2D eigenvalue weighted by Crippen LogP contribution is 2.32. The molecule has 4 rings (SSSR count). The van der Waals surface area contributed by atoms with Crippen molar-refractivity contribution < 1.29 is 22.6 Å². The highest BCUT2D eigenvalue weighted by molar-refractivity contribution is 7.89. The van der Waals surface area contributed by atoms with Gasteiger partial charge in [0.25, 0.3) is 0 Å². The van der Waals surface area contributed by atoms with Crippen LogP contribution in [0.5, 0.6) is 17.2 Å². The summed E-state index contributed by atoms with van der Waals surface area (Å²) in [5.74, 6) is 1.84. The molecule has 0 aliphatic carbocycles. The Bertz CT molecular complexity index is 938. The number of nitrogens with one attached hydrogen (secondary N) is 1. The molecule has 2 aliphatic heterocycles. The van der Waals surface area contributed by atoms with Gasteiger partial charge < -0.3 is 19.1 Å². The molecule has 0 atom stereocenters. The minimum atomic E-state index is -3.65. The Kier molecular flexibility index (Phi) is 5.94. The van der Waals surface area contributed by atoms with Crippen LogP contribution in [0, 0.1) is 0 Å². The van der Waals surface area contributed by atoms with E-state index in [0.29, 0.717) is 24.7 Å². The summed E-state index contributed by atoms with van der Waals surface area (Å²) in [5, 5.41) is 0. The van der Waals surface area contributed by atoms with Crippen LogP contribution in [0.1, 0.15) is 18.4 Å². The van der Waals surface area contributed by atoms with Crippen molar-refractivity contribution >= 4 is 10.0 Å². The van der Waals surface area contributed by atoms with E-state index in [2.05, 4.69) is 16.7 Å². The van der Waals surface area contributed by atoms with E-state index in [-0.39, 0.29) is 17.5 Å². The molecule has 1 fully saturated rings. The standard InChI is InChI=1S/C21H26N2O5S/c1-23-10-8-18(9-11-23)28-17-4-2-16(3-5-17)15-22-29(24,25)19-6-7-20-21(14-19)27-13-12-26-20/h2-7,14,18,22H,8-13,15H2,1H3. The summed E-state index contributed by atoms with van der Waals surface area (Å²) in [4.78, 5) is 2.46. The van der Waals surface area contributed by atoms with Crippen molar-refractivity contribution in [3.8, 4) is 17.2 Å². The second-order valence-corrected chi connectivity index (χ2v) is 9.16. The molecule has 0 radical (unpaired) electrons. The van der Waals surface area contributed by atoms with Crippen LogP contribution in [0.3, 0.4) is 0 Å². The molecule has 2 aromatic carbocycles. The SMILES string of the molecule is CN1CCC(Oc2ccc(CNS(=O)(=O)c3ccc4c(c3)OCCO4)cc2)CC1. The summed E-state index contributed by atoms with van der Waals surface area (Å²) < 4.78 is 44.8. The number of hydrogen-bond acceptors (Lipinski definition) is 6. The smallest absolute Gasteiger partial charge is 0.241 e. The number of nitrogens with zero attached hydrogens (tertiary/aromatic N) is 1. The number of sulfonamides is 1. The largest absolute Gasteiger partial charge is 0.490 e. The van der Waals surface area contributed by atoms with E-state index >= 15 is 0 Å². The molecule has 1 N–H and O–H groups in total. The number of benzene rings is 2. The van der Waals surface area contributed by atoms with Crippen LogP contribution >= 0.6 is 0 Å². The van der Waals surface area contributed by atoms with Crippen molar-refractivity contribution in [1.29, 1.82) is 0 Å². The summed E-state index contributed by atoms with van der Waals surface area (Å²) in [6, 6.07) is 12.2. The molecule has 156 valence electrons. The van der Waals surface area contributed by atoms with Gasteiger partial charge in [-0.3, -0.25) is 0 Å². The van der Waals surface area contributed by atoms with Crippen LogP contribution in [-0.4, -0.2) is 52.8 Å². The molecule has 0 aromatic heterocycles. The molecule has 2 aromatic rings. The van der Waals surface area contributed by atoms with E-state index in [1.165, 1.54) is 12.1 Å².